The lowest BCUT2D eigenvalue weighted by molar-refractivity contribution is -0.265. The second-order valence-electron chi connectivity index (χ2n) is 12.1. The molecule has 2 atom stereocenters. The van der Waals surface area contributed by atoms with Crippen LogP contribution >= 0.6 is 22.6 Å². The fourth-order valence-corrected chi connectivity index (χ4v) is 5.89. The molecule has 2 aromatic carbocycles. The molecular weight excluding hydrogens is 746 g/mol. The van der Waals surface area contributed by atoms with Gasteiger partial charge >= 0.3 is 6.18 Å². The molecule has 0 aliphatic carbocycles. The van der Waals surface area contributed by atoms with E-state index >= 15 is 0 Å². The summed E-state index contributed by atoms with van der Waals surface area (Å²) in [6.45, 7) is 4.79. The summed E-state index contributed by atoms with van der Waals surface area (Å²) in [5.74, 6) is -1.03. The van der Waals surface area contributed by atoms with Crippen LogP contribution in [0, 0.1) is 3.57 Å². The number of nitrogens with zero attached hydrogens (tertiary/aromatic N) is 3. The van der Waals surface area contributed by atoms with Crippen molar-refractivity contribution >= 4 is 34.4 Å². The van der Waals surface area contributed by atoms with E-state index in [0.29, 0.717) is 24.5 Å². The summed E-state index contributed by atoms with van der Waals surface area (Å²) in [4.78, 5) is 34.4. The fraction of sp³-hybridized carbons (Fsp3) is 0.424. The maximum atomic E-state index is 14.8. The van der Waals surface area contributed by atoms with Crippen LogP contribution in [0.4, 0.5) is 13.2 Å². The van der Waals surface area contributed by atoms with E-state index < -0.39 is 41.2 Å². The predicted molar refractivity (Wildman–Crippen MR) is 179 cm³/mol. The highest BCUT2D eigenvalue weighted by atomic mass is 127. The molecule has 4 N–H and O–H groups in total. The highest BCUT2D eigenvalue weighted by Crippen LogP contribution is 2.47. The number of rotatable bonds is 11. The first-order chi connectivity index (χ1) is 22.7. The van der Waals surface area contributed by atoms with Gasteiger partial charge in [-0.2, -0.15) is 13.2 Å². The Kier molecular flexibility index (Phi) is 10.4. The van der Waals surface area contributed by atoms with Crippen LogP contribution in [0.1, 0.15) is 28.5 Å². The number of methoxy groups -OCH3 is 1. The fourth-order valence-electron chi connectivity index (χ4n) is 5.53. The molecule has 2 aliphatic rings. The second kappa shape index (κ2) is 14.1. The number of hydrogen-bond acceptors (Lipinski definition) is 9. The number of alkyl halides is 3. The van der Waals surface area contributed by atoms with Crippen LogP contribution in [-0.4, -0.2) is 105 Å². The first-order valence-electron chi connectivity index (χ1n) is 15.2. The minimum Gasteiger partial charge on any atom is -0.493 e. The van der Waals surface area contributed by atoms with Gasteiger partial charge in [0, 0.05) is 53.0 Å². The monoisotopic (exact) mass is 783 g/mol. The predicted octanol–water partition coefficient (Wildman–Crippen LogP) is 3.30. The molecule has 1 aromatic heterocycles. The van der Waals surface area contributed by atoms with E-state index in [1.54, 1.807) is 24.3 Å². The summed E-state index contributed by atoms with van der Waals surface area (Å²) in [5, 5.41) is 13.5. The Morgan fingerprint density at radius 3 is 2.42 bits per heavy atom. The molecule has 3 aromatic rings. The average Bonchev–Trinajstić information content (AvgIpc) is 3.41. The topological polar surface area (TPSA) is 139 Å². The summed E-state index contributed by atoms with van der Waals surface area (Å²) >= 11 is 2.08. The minimum atomic E-state index is -5.30. The summed E-state index contributed by atoms with van der Waals surface area (Å²) in [6, 6.07) is 12.0. The zero-order valence-corrected chi connectivity index (χ0v) is 28.9. The van der Waals surface area contributed by atoms with Crippen molar-refractivity contribution in [3.63, 3.8) is 0 Å². The van der Waals surface area contributed by atoms with E-state index in [4.69, 9.17) is 19.9 Å². The van der Waals surface area contributed by atoms with Gasteiger partial charge in [0.2, 0.25) is 11.5 Å². The normalized spacial score (nSPS) is 19.6. The molecule has 15 heteroatoms. The summed E-state index contributed by atoms with van der Waals surface area (Å²) in [6.07, 6.45) is -5.30. The number of halogens is 4. The number of ether oxygens (including phenoxy) is 3. The Morgan fingerprint density at radius 2 is 1.79 bits per heavy atom. The van der Waals surface area contributed by atoms with E-state index in [1.165, 1.54) is 32.2 Å². The average molecular weight is 784 g/mol. The Balaban J connectivity index is 1.39. The number of primary amides is 1. The Morgan fingerprint density at radius 1 is 1.10 bits per heavy atom. The number of nitrogens with one attached hydrogen (secondary N) is 1. The number of pyridine rings is 1. The smallest absolute Gasteiger partial charge is 0.424 e. The van der Waals surface area contributed by atoms with E-state index in [9.17, 15) is 27.9 Å². The van der Waals surface area contributed by atoms with Crippen LogP contribution in [0.2, 0.25) is 0 Å². The second-order valence-corrected chi connectivity index (χ2v) is 13.4. The molecule has 1 unspecified atom stereocenters. The number of aromatic nitrogens is 1. The van der Waals surface area contributed by atoms with Gasteiger partial charge < -0.3 is 35.3 Å². The number of amides is 2. The maximum absolute atomic E-state index is 14.8. The standard InChI is InChI=1S/C33H37F3IN5O6/c1-31(30(38)44)19-48-28-23(31)17-26(40-27(28)20-4-7-22(37)8-5-20)32(45,33(34,35)36)18-39-29(43)21-6-9-24(25(16-21)46-3)47-15-14-42-12-10-41(2)11-13-42/h4-9,16-17,45H,10-15,18-19H2,1-3H3,(H2,38,44)(H,39,43)/t31-,32?/m0/s1. The van der Waals surface area contributed by atoms with Gasteiger partial charge in [0.15, 0.2) is 11.5 Å². The third-order valence-electron chi connectivity index (χ3n) is 8.82. The van der Waals surface area contributed by atoms with Crippen molar-refractivity contribution in [3.05, 3.63) is 68.9 Å². The number of piperazine rings is 1. The minimum absolute atomic E-state index is 0.00850. The van der Waals surface area contributed by atoms with Crippen molar-refractivity contribution in [2.45, 2.75) is 24.1 Å². The van der Waals surface area contributed by atoms with Crippen LogP contribution in [0.5, 0.6) is 17.2 Å². The highest BCUT2D eigenvalue weighted by Gasteiger charge is 2.57. The van der Waals surface area contributed by atoms with Crippen molar-refractivity contribution in [1.82, 2.24) is 20.1 Å². The van der Waals surface area contributed by atoms with Crippen LogP contribution in [0.25, 0.3) is 11.3 Å². The number of fused-ring (bicyclic) bond motifs is 1. The Hall–Kier alpha value is -3.67. The number of hydrogen-bond donors (Lipinski definition) is 3. The third-order valence-corrected chi connectivity index (χ3v) is 9.54. The molecule has 48 heavy (non-hydrogen) atoms. The molecule has 0 radical (unpaired) electrons. The van der Waals surface area contributed by atoms with Crippen molar-refractivity contribution < 1.29 is 42.1 Å². The largest absolute Gasteiger partial charge is 0.493 e. The van der Waals surface area contributed by atoms with Crippen LogP contribution in [0.3, 0.4) is 0 Å². The number of nitrogens with two attached hydrogens (primary N) is 1. The van der Waals surface area contributed by atoms with Gasteiger partial charge in [-0.25, -0.2) is 4.98 Å². The molecule has 2 aliphatic heterocycles. The molecule has 258 valence electrons. The molecule has 0 spiro atoms. The van der Waals surface area contributed by atoms with Crippen molar-refractivity contribution in [1.29, 1.82) is 0 Å². The zero-order valence-electron chi connectivity index (χ0n) is 26.7. The quantitative estimate of drug-likeness (QED) is 0.250. The number of likely N-dealkylation sites (N-methyl/N-ethyl adjacent to an activating group) is 1. The molecular formula is C33H37F3IN5O6. The summed E-state index contributed by atoms with van der Waals surface area (Å²) in [7, 11) is 3.46. The first-order valence-corrected chi connectivity index (χ1v) is 16.3. The zero-order chi connectivity index (χ0) is 34.9. The van der Waals surface area contributed by atoms with Gasteiger partial charge in [0.05, 0.1) is 19.3 Å². The van der Waals surface area contributed by atoms with Crippen LogP contribution < -0.4 is 25.3 Å². The van der Waals surface area contributed by atoms with Crippen LogP contribution in [-0.2, 0) is 15.8 Å². The lowest BCUT2D eigenvalue weighted by atomic mass is 9.81. The van der Waals surface area contributed by atoms with Gasteiger partial charge in [-0.15, -0.1) is 0 Å². The van der Waals surface area contributed by atoms with Crippen molar-refractivity contribution in [2.24, 2.45) is 5.73 Å². The molecule has 11 nitrogen and oxygen atoms in total. The first kappa shape index (κ1) is 35.6. The highest BCUT2D eigenvalue weighted by molar-refractivity contribution is 14.1. The summed E-state index contributed by atoms with van der Waals surface area (Å²) < 4.78 is 62.2. The lowest BCUT2D eigenvalue weighted by Gasteiger charge is -2.32. The number of carbonyl (C=O) groups excluding carboxylic acids is 2. The van der Waals surface area contributed by atoms with Crippen molar-refractivity contribution in [2.75, 3.05) is 66.6 Å². The molecule has 5 rings (SSSR count). The molecule has 0 saturated carbocycles. The van der Waals surface area contributed by atoms with Gasteiger partial charge in [-0.1, -0.05) is 12.1 Å². The Labute approximate surface area is 289 Å². The molecule has 1 saturated heterocycles. The van der Waals surface area contributed by atoms with Gasteiger partial charge in [0.1, 0.15) is 30.1 Å². The van der Waals surface area contributed by atoms with E-state index in [0.717, 1.165) is 35.8 Å². The maximum Gasteiger partial charge on any atom is 0.424 e. The number of aliphatic hydroxyl groups is 1. The Bertz CT molecular complexity index is 1670. The van der Waals surface area contributed by atoms with E-state index in [1.807, 2.05) is 0 Å². The molecule has 3 heterocycles. The van der Waals surface area contributed by atoms with E-state index in [-0.39, 0.29) is 34.9 Å². The van der Waals surface area contributed by atoms with Crippen molar-refractivity contribution in [3.8, 4) is 28.5 Å². The summed E-state index contributed by atoms with van der Waals surface area (Å²) in [5.41, 5.74) is 0.0979. The van der Waals surface area contributed by atoms with Crippen LogP contribution in [0.15, 0.2) is 48.5 Å². The molecule has 2 amide bonds. The lowest BCUT2D eigenvalue weighted by Crippen LogP contribution is -2.51. The van der Waals surface area contributed by atoms with Gasteiger partial charge in [-0.05, 0) is 73.0 Å². The number of carbonyl (C=O) groups is 2. The van der Waals surface area contributed by atoms with Gasteiger partial charge in [-0.3, -0.25) is 14.5 Å². The number of benzene rings is 2. The van der Waals surface area contributed by atoms with Gasteiger partial charge in [0.25, 0.3) is 5.91 Å². The van der Waals surface area contributed by atoms with E-state index in [2.05, 4.69) is 49.7 Å². The molecule has 0 bridgehead atoms. The third kappa shape index (κ3) is 7.18. The SMILES string of the molecule is COc1cc(C(=O)NCC(O)(c2cc3c(c(-c4ccc(I)cc4)n2)OC[C@]3(C)C(N)=O)C(F)(F)F)ccc1OCCN1CCN(C)CC1. The molecule has 1 fully saturated rings.